The molecule has 30 heavy (non-hydrogen) atoms. The first kappa shape index (κ1) is 20.2. The Kier molecular flexibility index (Phi) is 5.59. The smallest absolute Gasteiger partial charge is 0.290 e. The van der Waals surface area contributed by atoms with Crippen molar-refractivity contribution in [2.24, 2.45) is 0 Å². The summed E-state index contributed by atoms with van der Waals surface area (Å²) >= 11 is 0. The van der Waals surface area contributed by atoms with Crippen molar-refractivity contribution < 1.29 is 13.9 Å². The van der Waals surface area contributed by atoms with E-state index in [1.807, 2.05) is 24.3 Å². The zero-order valence-electron chi connectivity index (χ0n) is 17.6. The molecule has 1 unspecified atom stereocenters. The molecule has 0 fully saturated rings. The van der Waals surface area contributed by atoms with Gasteiger partial charge in [0.05, 0.1) is 24.1 Å². The number of hydrogen-bond donors (Lipinski definition) is 0. The van der Waals surface area contributed by atoms with Crippen LogP contribution in [0.3, 0.4) is 0 Å². The Morgan fingerprint density at radius 3 is 2.47 bits per heavy atom. The van der Waals surface area contributed by atoms with Crippen LogP contribution in [0.15, 0.2) is 57.7 Å². The van der Waals surface area contributed by atoms with Crippen molar-refractivity contribution in [3.8, 4) is 5.75 Å². The summed E-state index contributed by atoms with van der Waals surface area (Å²) in [7, 11) is 1.60. The monoisotopic (exact) mass is 406 g/mol. The average molecular weight is 406 g/mol. The van der Waals surface area contributed by atoms with E-state index < -0.39 is 6.04 Å². The van der Waals surface area contributed by atoms with Gasteiger partial charge in [-0.1, -0.05) is 44.2 Å². The molecular weight excluding hydrogens is 380 g/mol. The Morgan fingerprint density at radius 2 is 1.73 bits per heavy atom. The number of carbonyl (C=O) groups excluding carboxylic acids is 1. The number of likely N-dealkylation sites (N-methyl/N-ethyl adjacent to an activating group) is 1. The number of carbonyl (C=O) groups is 1. The largest absolute Gasteiger partial charge is 0.496 e. The van der Waals surface area contributed by atoms with Gasteiger partial charge in [0, 0.05) is 18.7 Å². The van der Waals surface area contributed by atoms with Gasteiger partial charge >= 0.3 is 0 Å². The number of hydrogen-bond acceptors (Lipinski definition) is 5. The molecule has 1 aliphatic heterocycles. The summed E-state index contributed by atoms with van der Waals surface area (Å²) in [5.41, 5.74) is 1.44. The van der Waals surface area contributed by atoms with Gasteiger partial charge in [0.2, 0.25) is 5.76 Å². The molecule has 156 valence electrons. The first-order valence-electron chi connectivity index (χ1n) is 10.3. The lowest BCUT2D eigenvalue weighted by Gasteiger charge is -2.28. The Bertz CT molecular complexity index is 1130. The number of fused-ring (bicyclic) bond motifs is 2. The highest BCUT2D eigenvalue weighted by Gasteiger charge is 2.43. The van der Waals surface area contributed by atoms with Crippen molar-refractivity contribution >= 4 is 16.9 Å². The summed E-state index contributed by atoms with van der Waals surface area (Å²) in [6.45, 7) is 7.19. The Morgan fingerprint density at radius 1 is 1.03 bits per heavy atom. The van der Waals surface area contributed by atoms with E-state index in [1.165, 1.54) is 0 Å². The van der Waals surface area contributed by atoms with Gasteiger partial charge in [-0.15, -0.1) is 0 Å². The zero-order valence-corrected chi connectivity index (χ0v) is 17.6. The third-order valence-corrected chi connectivity index (χ3v) is 5.86. The van der Waals surface area contributed by atoms with Crippen molar-refractivity contribution in [1.82, 2.24) is 9.80 Å². The van der Waals surface area contributed by atoms with E-state index in [-0.39, 0.29) is 17.1 Å². The summed E-state index contributed by atoms with van der Waals surface area (Å²) in [5.74, 6) is 0.522. The van der Waals surface area contributed by atoms with Gasteiger partial charge in [0.1, 0.15) is 11.3 Å². The second-order valence-electron chi connectivity index (χ2n) is 7.34. The summed E-state index contributed by atoms with van der Waals surface area (Å²) < 4.78 is 11.5. The maximum atomic E-state index is 13.5. The Hall–Kier alpha value is -3.12. The highest BCUT2D eigenvalue weighted by Crippen LogP contribution is 2.41. The molecule has 2 heterocycles. The second kappa shape index (κ2) is 8.32. The molecular formula is C24H26N2O4. The Labute approximate surface area is 175 Å². The molecule has 0 radical (unpaired) electrons. The molecule has 0 spiro atoms. The summed E-state index contributed by atoms with van der Waals surface area (Å²) in [6, 6.07) is 14.1. The maximum Gasteiger partial charge on any atom is 0.290 e. The van der Waals surface area contributed by atoms with Crippen molar-refractivity contribution in [2.75, 3.05) is 33.3 Å². The van der Waals surface area contributed by atoms with E-state index in [4.69, 9.17) is 9.15 Å². The van der Waals surface area contributed by atoms with Gasteiger partial charge in [-0.05, 0) is 31.3 Å². The van der Waals surface area contributed by atoms with E-state index in [0.717, 1.165) is 18.7 Å². The number of benzene rings is 2. The van der Waals surface area contributed by atoms with Crippen LogP contribution in [0.25, 0.3) is 11.0 Å². The van der Waals surface area contributed by atoms with Crippen molar-refractivity contribution in [1.29, 1.82) is 0 Å². The van der Waals surface area contributed by atoms with Crippen LogP contribution >= 0.6 is 0 Å². The van der Waals surface area contributed by atoms with Crippen LogP contribution < -0.4 is 10.2 Å². The minimum Gasteiger partial charge on any atom is -0.496 e. The van der Waals surface area contributed by atoms with Crippen LogP contribution in [-0.4, -0.2) is 49.0 Å². The second-order valence-corrected chi connectivity index (χ2v) is 7.34. The van der Waals surface area contributed by atoms with Gasteiger partial charge in [0.25, 0.3) is 5.91 Å². The number of nitrogens with zero attached hydrogens (tertiary/aromatic N) is 2. The van der Waals surface area contributed by atoms with E-state index in [9.17, 15) is 9.59 Å². The van der Waals surface area contributed by atoms with Crippen LogP contribution in [0.1, 0.15) is 41.6 Å². The lowest BCUT2D eigenvalue weighted by Crippen LogP contribution is -2.38. The molecule has 3 aromatic rings. The first-order valence-corrected chi connectivity index (χ1v) is 10.3. The van der Waals surface area contributed by atoms with E-state index >= 15 is 0 Å². The van der Waals surface area contributed by atoms with Gasteiger partial charge < -0.3 is 19.0 Å². The summed E-state index contributed by atoms with van der Waals surface area (Å²) in [5, 5.41) is 0.481. The van der Waals surface area contributed by atoms with Gasteiger partial charge in [0.15, 0.2) is 5.43 Å². The van der Waals surface area contributed by atoms with Crippen LogP contribution in [0.4, 0.5) is 0 Å². The fourth-order valence-electron chi connectivity index (χ4n) is 4.20. The minimum atomic E-state index is -0.542. The fraction of sp³-hybridized carbons (Fsp3) is 0.333. The summed E-state index contributed by atoms with van der Waals surface area (Å²) in [4.78, 5) is 30.8. The molecule has 0 bridgehead atoms. The summed E-state index contributed by atoms with van der Waals surface area (Å²) in [6.07, 6.45) is 0. The SMILES string of the molecule is CCN(CC)CCN1C(=O)c2oc3ccccc3c(=O)c2C1c1ccccc1OC. The predicted molar refractivity (Wildman–Crippen MR) is 116 cm³/mol. The lowest BCUT2D eigenvalue weighted by atomic mass is 9.97. The molecule has 2 aromatic carbocycles. The van der Waals surface area contributed by atoms with Crippen LogP contribution in [0.2, 0.25) is 0 Å². The molecule has 6 heteroatoms. The zero-order chi connectivity index (χ0) is 21.3. The van der Waals surface area contributed by atoms with Crippen LogP contribution in [0, 0.1) is 0 Å². The number of para-hydroxylation sites is 2. The molecule has 6 nitrogen and oxygen atoms in total. The average Bonchev–Trinajstić information content (AvgIpc) is 3.06. The number of methoxy groups -OCH3 is 1. The molecule has 4 rings (SSSR count). The van der Waals surface area contributed by atoms with Crippen molar-refractivity contribution in [3.05, 3.63) is 75.6 Å². The molecule has 1 atom stereocenters. The number of amides is 1. The van der Waals surface area contributed by atoms with E-state index in [1.54, 1.807) is 36.3 Å². The van der Waals surface area contributed by atoms with E-state index in [0.29, 0.717) is 35.4 Å². The van der Waals surface area contributed by atoms with E-state index in [2.05, 4.69) is 18.7 Å². The highest BCUT2D eigenvalue weighted by molar-refractivity contribution is 5.99. The van der Waals surface area contributed by atoms with Crippen molar-refractivity contribution in [2.45, 2.75) is 19.9 Å². The van der Waals surface area contributed by atoms with Crippen molar-refractivity contribution in [3.63, 3.8) is 0 Å². The topological polar surface area (TPSA) is 63.0 Å². The molecule has 1 aliphatic rings. The molecule has 1 aromatic heterocycles. The molecule has 0 N–H and O–H groups in total. The first-order chi connectivity index (χ1) is 14.6. The normalized spacial score (nSPS) is 15.8. The fourth-order valence-corrected chi connectivity index (χ4v) is 4.20. The minimum absolute atomic E-state index is 0.133. The van der Waals surface area contributed by atoms with Crippen LogP contribution in [-0.2, 0) is 0 Å². The molecule has 1 amide bonds. The van der Waals surface area contributed by atoms with Gasteiger partial charge in [-0.3, -0.25) is 9.59 Å². The predicted octanol–water partition coefficient (Wildman–Crippen LogP) is 3.69. The Balaban J connectivity index is 1.90. The third kappa shape index (κ3) is 3.27. The van der Waals surface area contributed by atoms with Crippen LogP contribution in [0.5, 0.6) is 5.75 Å². The molecule has 0 saturated heterocycles. The number of rotatable bonds is 7. The molecule has 0 aliphatic carbocycles. The molecule has 0 saturated carbocycles. The maximum absolute atomic E-state index is 13.5. The standard InChI is InChI=1S/C24H26N2O4/c1-4-25(5-2)14-15-26-21(16-10-6-8-12-18(16)29-3)20-22(27)17-11-7-9-13-19(17)30-23(20)24(26)28/h6-13,21H,4-5,14-15H2,1-3H3. The third-order valence-electron chi connectivity index (χ3n) is 5.86. The van der Waals surface area contributed by atoms with Gasteiger partial charge in [-0.2, -0.15) is 0 Å². The lowest BCUT2D eigenvalue weighted by molar-refractivity contribution is 0.0706. The quantitative estimate of drug-likeness (QED) is 0.599. The highest BCUT2D eigenvalue weighted by atomic mass is 16.5. The van der Waals surface area contributed by atoms with Gasteiger partial charge in [-0.25, -0.2) is 0 Å². The number of ether oxygens (including phenoxy) is 1.